The fourth-order valence-electron chi connectivity index (χ4n) is 6.27. The van der Waals surface area contributed by atoms with Crippen molar-refractivity contribution in [3.05, 3.63) is 128 Å². The van der Waals surface area contributed by atoms with Gasteiger partial charge in [-0.2, -0.15) is 0 Å². The van der Waals surface area contributed by atoms with Gasteiger partial charge in [-0.3, -0.25) is 4.98 Å². The lowest BCUT2D eigenvalue weighted by Crippen LogP contribution is -1.99. The third-order valence-electron chi connectivity index (χ3n) is 8.35. The van der Waals surface area contributed by atoms with Crippen LogP contribution in [0.15, 0.2) is 137 Å². The lowest BCUT2D eigenvalue weighted by atomic mass is 10.0. The highest BCUT2D eigenvalue weighted by molar-refractivity contribution is 6.11. The molecule has 5 heterocycles. The van der Waals surface area contributed by atoms with E-state index < -0.39 is 0 Å². The molecule has 9 aromatic rings. The quantitative estimate of drug-likeness (QED) is 0.201. The highest BCUT2D eigenvalue weighted by Gasteiger charge is 2.21. The van der Waals surface area contributed by atoms with E-state index in [2.05, 4.69) is 85.7 Å². The molecule has 214 valence electrons. The molecule has 5 aromatic heterocycles. The Balaban J connectivity index is 1.37. The largest absolute Gasteiger partial charge is 0.445 e. The van der Waals surface area contributed by atoms with Crippen molar-refractivity contribution in [1.82, 2.24) is 29.1 Å². The molecule has 8 heteroatoms. The van der Waals surface area contributed by atoms with Crippen LogP contribution in [0.3, 0.4) is 0 Å². The van der Waals surface area contributed by atoms with Gasteiger partial charge in [-0.05, 0) is 60.7 Å². The number of hydrogen-bond acceptors (Lipinski definition) is 6. The summed E-state index contributed by atoms with van der Waals surface area (Å²) >= 11 is 0. The van der Waals surface area contributed by atoms with Crippen molar-refractivity contribution in [3.8, 4) is 51.2 Å². The lowest BCUT2D eigenvalue weighted by molar-refractivity contribution is 0.574. The summed E-state index contributed by atoms with van der Waals surface area (Å²) in [5, 5.41) is 2.15. The van der Waals surface area contributed by atoms with Crippen LogP contribution in [0.5, 0.6) is 0 Å². The summed E-state index contributed by atoms with van der Waals surface area (Å²) in [6, 6.07) is 33.3. The third-order valence-corrected chi connectivity index (χ3v) is 8.35. The van der Waals surface area contributed by atoms with E-state index >= 15 is 0 Å². The molecule has 0 unspecified atom stereocenters. The van der Waals surface area contributed by atoms with Crippen LogP contribution >= 0.6 is 0 Å². The Morgan fingerprint density at radius 1 is 0.578 bits per heavy atom. The van der Waals surface area contributed by atoms with Crippen molar-refractivity contribution in [2.75, 3.05) is 0 Å². The molecule has 4 aromatic carbocycles. The maximum atomic E-state index is 5.86. The molecule has 0 amide bonds. The number of hydrogen-bond donors (Lipinski definition) is 0. The van der Waals surface area contributed by atoms with E-state index in [1.807, 2.05) is 48.7 Å². The second-order valence-electron chi connectivity index (χ2n) is 10.9. The summed E-state index contributed by atoms with van der Waals surface area (Å²) in [6.07, 6.45) is 8.34. The van der Waals surface area contributed by atoms with Gasteiger partial charge in [0.05, 0.1) is 51.4 Å². The van der Waals surface area contributed by atoms with Gasteiger partial charge in [0.2, 0.25) is 11.8 Å². The first-order chi connectivity index (χ1) is 22.2. The van der Waals surface area contributed by atoms with Crippen molar-refractivity contribution in [2.24, 2.45) is 7.05 Å². The second kappa shape index (κ2) is 9.89. The fraction of sp³-hybridized carbons (Fsp3) is 0.0270. The van der Waals surface area contributed by atoms with Crippen LogP contribution in [0.1, 0.15) is 0 Å². The van der Waals surface area contributed by atoms with Crippen molar-refractivity contribution < 1.29 is 8.83 Å². The van der Waals surface area contributed by atoms with E-state index in [1.165, 1.54) is 0 Å². The lowest BCUT2D eigenvalue weighted by Gasteiger charge is -2.14. The Labute approximate surface area is 256 Å². The molecule has 0 spiro atoms. The number of rotatable bonds is 5. The van der Waals surface area contributed by atoms with E-state index in [0.29, 0.717) is 11.8 Å². The van der Waals surface area contributed by atoms with Gasteiger partial charge in [0, 0.05) is 40.7 Å². The van der Waals surface area contributed by atoms with Crippen molar-refractivity contribution in [3.63, 3.8) is 0 Å². The molecule has 0 bridgehead atoms. The van der Waals surface area contributed by atoms with Gasteiger partial charge in [0.25, 0.3) is 0 Å². The Kier molecular flexibility index (Phi) is 5.55. The summed E-state index contributed by atoms with van der Waals surface area (Å²) in [4.78, 5) is 18.6. The van der Waals surface area contributed by atoms with E-state index in [1.54, 1.807) is 24.9 Å². The predicted molar refractivity (Wildman–Crippen MR) is 175 cm³/mol. The first-order valence-corrected chi connectivity index (χ1v) is 14.6. The normalized spacial score (nSPS) is 11.7. The highest BCUT2D eigenvalue weighted by Crippen LogP contribution is 2.40. The SMILES string of the molecule is Cn1c(-c2ccc3c4cc(-c5ncco5)ccc4n(-c4cc(-c5ccccn5)ccc4-c4ncco4)c3c2)nc2ccccc21. The maximum Gasteiger partial charge on any atom is 0.227 e. The van der Waals surface area contributed by atoms with Crippen LogP contribution in [0.4, 0.5) is 0 Å². The van der Waals surface area contributed by atoms with E-state index in [-0.39, 0.29) is 0 Å². The molecule has 0 aliphatic heterocycles. The Morgan fingerprint density at radius 2 is 1.38 bits per heavy atom. The van der Waals surface area contributed by atoms with Gasteiger partial charge in [-0.15, -0.1) is 0 Å². The first-order valence-electron chi connectivity index (χ1n) is 14.6. The van der Waals surface area contributed by atoms with Gasteiger partial charge in [0.1, 0.15) is 18.4 Å². The fourth-order valence-corrected chi connectivity index (χ4v) is 6.27. The van der Waals surface area contributed by atoms with Crippen LogP contribution in [0.2, 0.25) is 0 Å². The average molecular weight is 585 g/mol. The van der Waals surface area contributed by atoms with Gasteiger partial charge in [-0.25, -0.2) is 15.0 Å². The Morgan fingerprint density at radius 3 is 2.18 bits per heavy atom. The van der Waals surface area contributed by atoms with Crippen molar-refractivity contribution >= 4 is 32.8 Å². The molecule has 8 nitrogen and oxygen atoms in total. The number of oxazole rings is 2. The summed E-state index contributed by atoms with van der Waals surface area (Å²) in [5.74, 6) is 2.01. The number of pyridine rings is 1. The van der Waals surface area contributed by atoms with E-state index in [4.69, 9.17) is 13.8 Å². The number of nitrogens with zero attached hydrogens (tertiary/aromatic N) is 6. The molecule has 45 heavy (non-hydrogen) atoms. The van der Waals surface area contributed by atoms with Crippen LogP contribution in [0.25, 0.3) is 84.1 Å². The summed E-state index contributed by atoms with van der Waals surface area (Å²) in [5.41, 5.74) is 9.65. The molecule has 9 rings (SSSR count). The molecule has 0 fully saturated rings. The minimum atomic E-state index is 0.537. The van der Waals surface area contributed by atoms with E-state index in [9.17, 15) is 0 Å². The number of aryl methyl sites for hydroxylation is 1. The topological polar surface area (TPSA) is 87.7 Å². The number of para-hydroxylation sites is 2. The van der Waals surface area contributed by atoms with Gasteiger partial charge in [0.15, 0.2) is 0 Å². The van der Waals surface area contributed by atoms with Crippen LogP contribution in [-0.2, 0) is 7.05 Å². The molecule has 0 saturated heterocycles. The average Bonchev–Trinajstić information content (AvgIpc) is 3.91. The zero-order chi connectivity index (χ0) is 29.9. The van der Waals surface area contributed by atoms with Crippen LogP contribution in [0, 0.1) is 0 Å². The number of benzene rings is 4. The van der Waals surface area contributed by atoms with Crippen molar-refractivity contribution in [2.45, 2.75) is 0 Å². The molecule has 0 atom stereocenters. The molecule has 0 radical (unpaired) electrons. The smallest absolute Gasteiger partial charge is 0.227 e. The van der Waals surface area contributed by atoms with Gasteiger partial charge >= 0.3 is 0 Å². The highest BCUT2D eigenvalue weighted by atomic mass is 16.3. The monoisotopic (exact) mass is 584 g/mol. The second-order valence-corrected chi connectivity index (χ2v) is 10.9. The molecule has 0 N–H and O–H groups in total. The third kappa shape index (κ3) is 4.00. The molecule has 0 aliphatic rings. The molecular weight excluding hydrogens is 560 g/mol. The van der Waals surface area contributed by atoms with Gasteiger partial charge in [-0.1, -0.05) is 36.4 Å². The van der Waals surface area contributed by atoms with Crippen molar-refractivity contribution in [1.29, 1.82) is 0 Å². The number of aromatic nitrogens is 6. The standard InChI is InChI=1S/C37H24N6O2/c1-42-32-8-3-2-7-30(32)41-35(42)24-10-12-26-28-20-25(36-39-16-18-44-36)11-14-31(28)43(33(26)22-24)34-21-23(29-6-4-5-15-38-29)9-13-27(34)37-40-17-19-45-37/h2-22H,1H3. The van der Waals surface area contributed by atoms with Crippen LogP contribution in [-0.4, -0.2) is 29.1 Å². The zero-order valence-corrected chi connectivity index (χ0v) is 24.1. The number of fused-ring (bicyclic) bond motifs is 4. The molecular formula is C37H24N6O2. The summed E-state index contributed by atoms with van der Waals surface area (Å²) in [7, 11) is 2.06. The summed E-state index contributed by atoms with van der Waals surface area (Å²) in [6.45, 7) is 0. The zero-order valence-electron chi connectivity index (χ0n) is 24.1. The maximum absolute atomic E-state index is 5.86. The minimum absolute atomic E-state index is 0.537. The summed E-state index contributed by atoms with van der Waals surface area (Å²) < 4.78 is 16.0. The van der Waals surface area contributed by atoms with E-state index in [0.717, 1.165) is 72.3 Å². The minimum Gasteiger partial charge on any atom is -0.445 e. The Hall–Kier alpha value is -6.28. The first kappa shape index (κ1) is 25.2. The predicted octanol–water partition coefficient (Wildman–Crippen LogP) is 8.71. The molecule has 0 aliphatic carbocycles. The Bertz CT molecular complexity index is 2490. The number of imidazole rings is 1. The van der Waals surface area contributed by atoms with Crippen LogP contribution < -0.4 is 0 Å². The molecule has 0 saturated carbocycles. The van der Waals surface area contributed by atoms with Gasteiger partial charge < -0.3 is 18.0 Å².